The largest absolute Gasteiger partial charge is 0.493 e. The molecule has 1 N–H and O–H groups in total. The van der Waals surface area contributed by atoms with Gasteiger partial charge in [-0.05, 0) is 54.4 Å². The van der Waals surface area contributed by atoms with Crippen molar-refractivity contribution in [3.63, 3.8) is 0 Å². The second kappa shape index (κ2) is 6.11. The van der Waals surface area contributed by atoms with E-state index in [4.69, 9.17) is 4.74 Å². The van der Waals surface area contributed by atoms with Crippen molar-refractivity contribution in [3.8, 4) is 5.75 Å². The quantitative estimate of drug-likeness (QED) is 0.787. The number of aryl methyl sites for hydroxylation is 1. The van der Waals surface area contributed by atoms with Crippen LogP contribution in [0.5, 0.6) is 5.75 Å². The summed E-state index contributed by atoms with van der Waals surface area (Å²) in [4.78, 5) is 0. The van der Waals surface area contributed by atoms with Gasteiger partial charge in [-0.15, -0.1) is 0 Å². The summed E-state index contributed by atoms with van der Waals surface area (Å²) in [5.74, 6) is 1.03. The van der Waals surface area contributed by atoms with Gasteiger partial charge in [0, 0.05) is 15.4 Å². The number of nitrogens with one attached hydrogen (secondary N) is 1. The van der Waals surface area contributed by atoms with E-state index in [0.717, 1.165) is 27.7 Å². The molecule has 1 unspecified atom stereocenters. The number of ether oxygens (including phenoxy) is 1. The Morgan fingerprint density at radius 3 is 2.71 bits per heavy atom. The summed E-state index contributed by atoms with van der Waals surface area (Å²) in [6, 6.07) is 11.0. The van der Waals surface area contributed by atoms with E-state index in [2.05, 4.69) is 74.4 Å². The molecule has 3 rings (SSSR count). The van der Waals surface area contributed by atoms with Crippen LogP contribution in [0.3, 0.4) is 0 Å². The molecular formula is C17H17Br2NO. The van der Waals surface area contributed by atoms with Crippen LogP contribution < -0.4 is 10.1 Å². The number of hydrogen-bond donors (Lipinski definition) is 1. The lowest BCUT2D eigenvalue weighted by molar-refractivity contribution is 0.357. The topological polar surface area (TPSA) is 21.3 Å². The van der Waals surface area contributed by atoms with Crippen LogP contribution >= 0.6 is 31.9 Å². The highest BCUT2D eigenvalue weighted by Crippen LogP contribution is 2.35. The summed E-state index contributed by atoms with van der Waals surface area (Å²) in [6.45, 7) is 2.89. The third-order valence-corrected chi connectivity index (χ3v) is 5.47. The van der Waals surface area contributed by atoms with Crippen LogP contribution in [-0.4, -0.2) is 13.7 Å². The Hall–Kier alpha value is -0.840. The Balaban J connectivity index is 2.04. The summed E-state index contributed by atoms with van der Waals surface area (Å²) in [7, 11) is 1.99. The van der Waals surface area contributed by atoms with Crippen molar-refractivity contribution < 1.29 is 4.74 Å². The van der Waals surface area contributed by atoms with Crippen molar-refractivity contribution in [1.29, 1.82) is 0 Å². The number of fused-ring (bicyclic) bond motifs is 1. The number of hydrogen-bond acceptors (Lipinski definition) is 2. The summed E-state index contributed by atoms with van der Waals surface area (Å²) >= 11 is 7.33. The predicted molar refractivity (Wildman–Crippen MR) is 93.1 cm³/mol. The lowest BCUT2D eigenvalue weighted by Gasteiger charge is -2.20. The van der Waals surface area contributed by atoms with E-state index in [-0.39, 0.29) is 6.04 Å². The Morgan fingerprint density at radius 1 is 1.14 bits per heavy atom. The highest BCUT2D eigenvalue weighted by atomic mass is 79.9. The zero-order chi connectivity index (χ0) is 15.0. The number of benzene rings is 2. The summed E-state index contributed by atoms with van der Waals surface area (Å²) < 4.78 is 7.85. The van der Waals surface area contributed by atoms with Gasteiger partial charge >= 0.3 is 0 Å². The average molecular weight is 411 g/mol. The summed E-state index contributed by atoms with van der Waals surface area (Å²) in [6.07, 6.45) is 0.998. The second-order valence-electron chi connectivity index (χ2n) is 5.31. The van der Waals surface area contributed by atoms with Gasteiger partial charge in [-0.2, -0.15) is 0 Å². The van der Waals surface area contributed by atoms with E-state index in [1.54, 1.807) is 0 Å². The molecule has 2 aromatic carbocycles. The van der Waals surface area contributed by atoms with E-state index in [9.17, 15) is 0 Å². The van der Waals surface area contributed by atoms with Gasteiger partial charge in [0.1, 0.15) is 5.75 Å². The predicted octanol–water partition coefficient (Wildman–Crippen LogP) is 4.76. The number of halogens is 2. The zero-order valence-electron chi connectivity index (χ0n) is 12.0. The molecule has 0 saturated heterocycles. The van der Waals surface area contributed by atoms with Crippen molar-refractivity contribution in [2.24, 2.45) is 0 Å². The molecule has 1 aliphatic heterocycles. The first kappa shape index (κ1) is 15.1. The van der Waals surface area contributed by atoms with Crippen molar-refractivity contribution in [2.45, 2.75) is 19.4 Å². The summed E-state index contributed by atoms with van der Waals surface area (Å²) in [5, 5.41) is 3.42. The molecule has 4 heteroatoms. The van der Waals surface area contributed by atoms with Crippen LogP contribution in [0.25, 0.3) is 0 Å². The first-order valence-electron chi connectivity index (χ1n) is 6.98. The van der Waals surface area contributed by atoms with Gasteiger partial charge in [-0.25, -0.2) is 0 Å². The molecule has 0 spiro atoms. The van der Waals surface area contributed by atoms with Gasteiger partial charge in [0.25, 0.3) is 0 Å². The lowest BCUT2D eigenvalue weighted by Crippen LogP contribution is -2.18. The maximum atomic E-state index is 5.59. The molecule has 1 heterocycles. The molecule has 110 valence electrons. The van der Waals surface area contributed by atoms with E-state index < -0.39 is 0 Å². The fraction of sp³-hybridized carbons (Fsp3) is 0.294. The van der Waals surface area contributed by atoms with Crippen LogP contribution in [0.15, 0.2) is 39.3 Å². The van der Waals surface area contributed by atoms with E-state index in [0.29, 0.717) is 0 Å². The monoisotopic (exact) mass is 409 g/mol. The van der Waals surface area contributed by atoms with Crippen molar-refractivity contribution >= 4 is 31.9 Å². The molecule has 0 aromatic heterocycles. The minimum absolute atomic E-state index is 0.155. The van der Waals surface area contributed by atoms with E-state index in [1.807, 2.05) is 7.05 Å². The third-order valence-electron chi connectivity index (χ3n) is 3.92. The molecule has 0 bridgehead atoms. The average Bonchev–Trinajstić information content (AvgIpc) is 2.92. The Kier molecular flexibility index (Phi) is 4.38. The van der Waals surface area contributed by atoms with Gasteiger partial charge in [-0.3, -0.25) is 0 Å². The fourth-order valence-electron chi connectivity index (χ4n) is 2.77. The van der Waals surface area contributed by atoms with E-state index in [1.165, 1.54) is 22.3 Å². The minimum Gasteiger partial charge on any atom is -0.493 e. The molecular weight excluding hydrogens is 394 g/mol. The first-order valence-corrected chi connectivity index (χ1v) is 8.57. The highest BCUT2D eigenvalue weighted by Gasteiger charge is 2.19. The zero-order valence-corrected chi connectivity index (χ0v) is 15.2. The van der Waals surface area contributed by atoms with Crippen LogP contribution in [-0.2, 0) is 6.42 Å². The Labute approximate surface area is 142 Å². The Bertz CT molecular complexity index is 685. The Morgan fingerprint density at radius 2 is 1.95 bits per heavy atom. The van der Waals surface area contributed by atoms with Crippen molar-refractivity contribution in [2.75, 3.05) is 13.7 Å². The van der Waals surface area contributed by atoms with Gasteiger partial charge in [-0.1, -0.05) is 44.0 Å². The minimum atomic E-state index is 0.155. The van der Waals surface area contributed by atoms with E-state index >= 15 is 0 Å². The van der Waals surface area contributed by atoms with Crippen molar-refractivity contribution in [3.05, 3.63) is 61.5 Å². The van der Waals surface area contributed by atoms with Gasteiger partial charge in [0.15, 0.2) is 0 Å². The number of rotatable bonds is 3. The molecule has 2 aromatic rings. The smallest absolute Gasteiger partial charge is 0.122 e. The highest BCUT2D eigenvalue weighted by molar-refractivity contribution is 9.11. The SMILES string of the molecule is CNC(c1ccc2c(c1)CCO2)c1cc(Br)c(C)cc1Br. The van der Waals surface area contributed by atoms with Crippen LogP contribution in [0, 0.1) is 6.92 Å². The van der Waals surface area contributed by atoms with Gasteiger partial charge in [0.2, 0.25) is 0 Å². The fourth-order valence-corrected chi connectivity index (χ4v) is 3.82. The standard InChI is InChI=1S/C17H17Br2NO/c1-10-7-15(19)13(9-14(10)18)17(20-2)12-3-4-16-11(8-12)5-6-21-16/h3-4,7-9,17,20H,5-6H2,1-2H3. The van der Waals surface area contributed by atoms with Crippen LogP contribution in [0.1, 0.15) is 28.3 Å². The molecule has 0 fully saturated rings. The van der Waals surface area contributed by atoms with Crippen LogP contribution in [0.2, 0.25) is 0 Å². The normalized spacial score (nSPS) is 14.7. The second-order valence-corrected chi connectivity index (χ2v) is 7.02. The molecule has 0 saturated carbocycles. The summed E-state index contributed by atoms with van der Waals surface area (Å²) in [5.41, 5.74) is 5.02. The molecule has 2 nitrogen and oxygen atoms in total. The van der Waals surface area contributed by atoms with Crippen LogP contribution in [0.4, 0.5) is 0 Å². The molecule has 21 heavy (non-hydrogen) atoms. The lowest BCUT2D eigenvalue weighted by atomic mass is 9.96. The van der Waals surface area contributed by atoms with Gasteiger partial charge < -0.3 is 10.1 Å². The maximum absolute atomic E-state index is 5.59. The molecule has 0 radical (unpaired) electrons. The first-order chi connectivity index (χ1) is 10.1. The molecule has 1 aliphatic rings. The molecule has 0 amide bonds. The third kappa shape index (κ3) is 2.89. The maximum Gasteiger partial charge on any atom is 0.122 e. The molecule has 0 aliphatic carbocycles. The molecule has 1 atom stereocenters. The van der Waals surface area contributed by atoms with Crippen molar-refractivity contribution in [1.82, 2.24) is 5.32 Å². The van der Waals surface area contributed by atoms with Gasteiger partial charge in [0.05, 0.1) is 12.6 Å².